The second-order valence-corrected chi connectivity index (χ2v) is 5.45. The fourth-order valence-corrected chi connectivity index (χ4v) is 2.81. The van der Waals surface area contributed by atoms with Crippen LogP contribution >= 0.6 is 0 Å². The Labute approximate surface area is 120 Å². The van der Waals surface area contributed by atoms with Crippen LogP contribution in [0, 0.1) is 5.82 Å². The summed E-state index contributed by atoms with van der Waals surface area (Å²) in [6, 6.07) is 0. The van der Waals surface area contributed by atoms with Crippen LogP contribution in [0.5, 0.6) is 0 Å². The van der Waals surface area contributed by atoms with Gasteiger partial charge in [-0.2, -0.15) is 0 Å². The third-order valence-electron chi connectivity index (χ3n) is 4.00. The van der Waals surface area contributed by atoms with Crippen molar-refractivity contribution in [3.63, 3.8) is 0 Å². The van der Waals surface area contributed by atoms with Gasteiger partial charge in [-0.3, -0.25) is 4.57 Å². The highest BCUT2D eigenvalue weighted by atomic mass is 19.1. The SMILES string of the molecule is CC[C@H]1O[C@@H](n2cc(F)c3c(N)ncnc32)C(C)(O)C1O. The summed E-state index contributed by atoms with van der Waals surface area (Å²) in [5.74, 6) is -0.585. The van der Waals surface area contributed by atoms with Crippen LogP contribution in [0.15, 0.2) is 12.5 Å². The lowest BCUT2D eigenvalue weighted by molar-refractivity contribution is -0.0939. The van der Waals surface area contributed by atoms with Crippen molar-refractivity contribution in [1.29, 1.82) is 0 Å². The van der Waals surface area contributed by atoms with E-state index in [2.05, 4.69) is 9.97 Å². The monoisotopic (exact) mass is 296 g/mol. The van der Waals surface area contributed by atoms with Crippen LogP contribution in [0.2, 0.25) is 0 Å². The number of hydrogen-bond donors (Lipinski definition) is 3. The molecule has 4 N–H and O–H groups in total. The van der Waals surface area contributed by atoms with Gasteiger partial charge in [-0.1, -0.05) is 6.92 Å². The maximum atomic E-state index is 14.1. The number of rotatable bonds is 2. The highest BCUT2D eigenvalue weighted by Gasteiger charge is 2.52. The molecule has 0 aliphatic carbocycles. The van der Waals surface area contributed by atoms with Gasteiger partial charge in [0.15, 0.2) is 17.7 Å². The van der Waals surface area contributed by atoms with Crippen molar-refractivity contribution in [1.82, 2.24) is 14.5 Å². The summed E-state index contributed by atoms with van der Waals surface area (Å²) >= 11 is 0. The Bertz CT molecular complexity index is 687. The average Bonchev–Trinajstić information content (AvgIpc) is 2.87. The van der Waals surface area contributed by atoms with Crippen LogP contribution in [-0.4, -0.2) is 42.6 Å². The van der Waals surface area contributed by atoms with E-state index in [1.807, 2.05) is 6.92 Å². The number of hydrogen-bond acceptors (Lipinski definition) is 6. The van der Waals surface area contributed by atoms with E-state index in [0.717, 1.165) is 6.20 Å². The van der Waals surface area contributed by atoms with E-state index in [4.69, 9.17) is 10.5 Å². The second kappa shape index (κ2) is 4.62. The molecule has 4 atom stereocenters. The summed E-state index contributed by atoms with van der Waals surface area (Å²) in [7, 11) is 0. The lowest BCUT2D eigenvalue weighted by Crippen LogP contribution is -2.43. The average molecular weight is 296 g/mol. The van der Waals surface area contributed by atoms with Gasteiger partial charge in [-0.15, -0.1) is 0 Å². The second-order valence-electron chi connectivity index (χ2n) is 5.45. The maximum Gasteiger partial charge on any atom is 0.167 e. The normalized spacial score (nSPS) is 32.9. The Hall–Kier alpha value is -1.77. The van der Waals surface area contributed by atoms with Crippen LogP contribution in [0.25, 0.3) is 11.0 Å². The molecule has 1 aliphatic rings. The summed E-state index contributed by atoms with van der Waals surface area (Å²) in [5.41, 5.74) is 4.31. The first-order chi connectivity index (χ1) is 9.87. The topological polar surface area (TPSA) is 106 Å². The van der Waals surface area contributed by atoms with E-state index >= 15 is 0 Å². The lowest BCUT2D eigenvalue weighted by Gasteiger charge is -2.27. The zero-order valence-electron chi connectivity index (χ0n) is 11.7. The molecule has 7 nitrogen and oxygen atoms in total. The Kier molecular flexibility index (Phi) is 3.12. The van der Waals surface area contributed by atoms with Gasteiger partial charge in [0.05, 0.1) is 11.5 Å². The van der Waals surface area contributed by atoms with Crippen molar-refractivity contribution >= 4 is 16.9 Å². The number of aromatic nitrogens is 3. The first-order valence-corrected chi connectivity index (χ1v) is 6.70. The van der Waals surface area contributed by atoms with Gasteiger partial charge in [-0.25, -0.2) is 14.4 Å². The van der Waals surface area contributed by atoms with Crippen molar-refractivity contribution in [3.8, 4) is 0 Å². The molecule has 1 saturated heterocycles. The Morgan fingerprint density at radius 2 is 2.24 bits per heavy atom. The standard InChI is InChI=1S/C13H17FN4O3/c1-3-7-9(19)13(2,20)12(21-7)18-4-6(14)8-10(15)16-5-17-11(8)18/h4-5,7,9,12,19-20H,3H2,1-2H3,(H2,15,16,17)/t7-,9?,12-,13?/m1/s1. The molecule has 0 spiro atoms. The van der Waals surface area contributed by atoms with Gasteiger partial charge in [0.25, 0.3) is 0 Å². The van der Waals surface area contributed by atoms with Crippen LogP contribution in [0.4, 0.5) is 10.2 Å². The molecule has 1 fully saturated rings. The van der Waals surface area contributed by atoms with Gasteiger partial charge < -0.3 is 20.7 Å². The smallest absolute Gasteiger partial charge is 0.167 e. The summed E-state index contributed by atoms with van der Waals surface area (Å²) in [5, 5.41) is 20.7. The summed E-state index contributed by atoms with van der Waals surface area (Å²) < 4.78 is 21.1. The number of nitrogen functional groups attached to an aromatic ring is 1. The minimum atomic E-state index is -1.57. The first-order valence-electron chi connectivity index (χ1n) is 6.70. The number of anilines is 1. The van der Waals surface area contributed by atoms with Crippen molar-refractivity contribution in [2.75, 3.05) is 5.73 Å². The molecule has 0 radical (unpaired) electrons. The molecule has 2 unspecified atom stereocenters. The van der Waals surface area contributed by atoms with Gasteiger partial charge in [0.2, 0.25) is 0 Å². The molecule has 0 aromatic carbocycles. The minimum absolute atomic E-state index is 0.0153. The summed E-state index contributed by atoms with van der Waals surface area (Å²) in [4.78, 5) is 7.76. The molecule has 2 aromatic rings. The van der Waals surface area contributed by atoms with Crippen molar-refractivity contribution in [3.05, 3.63) is 18.3 Å². The van der Waals surface area contributed by atoms with Crippen LogP contribution < -0.4 is 5.73 Å². The molecular weight excluding hydrogens is 279 g/mol. The van der Waals surface area contributed by atoms with E-state index < -0.39 is 29.9 Å². The number of aliphatic hydroxyl groups is 2. The van der Waals surface area contributed by atoms with E-state index in [1.54, 1.807) is 0 Å². The zero-order chi connectivity index (χ0) is 15.4. The Morgan fingerprint density at radius 3 is 2.86 bits per heavy atom. The van der Waals surface area contributed by atoms with Gasteiger partial charge in [0.1, 0.15) is 23.9 Å². The van der Waals surface area contributed by atoms with E-state index in [-0.39, 0.29) is 16.9 Å². The lowest BCUT2D eigenvalue weighted by atomic mass is 9.95. The molecule has 8 heteroatoms. The van der Waals surface area contributed by atoms with Crippen LogP contribution in [0.3, 0.4) is 0 Å². The Balaban J connectivity index is 2.15. The van der Waals surface area contributed by atoms with E-state index in [1.165, 1.54) is 17.8 Å². The van der Waals surface area contributed by atoms with Gasteiger partial charge >= 0.3 is 0 Å². The molecule has 3 rings (SSSR count). The molecule has 3 heterocycles. The molecular formula is C13H17FN4O3. The largest absolute Gasteiger partial charge is 0.387 e. The maximum absolute atomic E-state index is 14.1. The van der Waals surface area contributed by atoms with E-state index in [0.29, 0.717) is 6.42 Å². The van der Waals surface area contributed by atoms with Gasteiger partial charge in [-0.05, 0) is 13.3 Å². The van der Waals surface area contributed by atoms with Crippen molar-refractivity contribution in [2.45, 2.75) is 44.3 Å². The van der Waals surface area contributed by atoms with Crippen molar-refractivity contribution < 1.29 is 19.3 Å². The van der Waals surface area contributed by atoms with E-state index in [9.17, 15) is 14.6 Å². The van der Waals surface area contributed by atoms with Crippen molar-refractivity contribution in [2.24, 2.45) is 0 Å². The number of nitrogens with zero attached hydrogens (tertiary/aromatic N) is 3. The minimum Gasteiger partial charge on any atom is -0.387 e. The van der Waals surface area contributed by atoms with Gasteiger partial charge in [0, 0.05) is 6.20 Å². The highest BCUT2D eigenvalue weighted by molar-refractivity contribution is 5.86. The predicted octanol–water partition coefficient (Wildman–Crippen LogP) is 0.572. The van der Waals surface area contributed by atoms with Crippen LogP contribution in [-0.2, 0) is 4.74 Å². The molecule has 0 amide bonds. The molecule has 0 saturated carbocycles. The van der Waals surface area contributed by atoms with Crippen LogP contribution in [0.1, 0.15) is 26.5 Å². The molecule has 1 aliphatic heterocycles. The number of halogens is 1. The third-order valence-corrected chi connectivity index (χ3v) is 4.00. The fourth-order valence-electron chi connectivity index (χ4n) is 2.81. The third kappa shape index (κ3) is 1.90. The molecule has 114 valence electrons. The fraction of sp³-hybridized carbons (Fsp3) is 0.538. The summed E-state index contributed by atoms with van der Waals surface area (Å²) in [6.07, 6.45) is 0.313. The Morgan fingerprint density at radius 1 is 1.52 bits per heavy atom. The number of aliphatic hydroxyl groups excluding tert-OH is 1. The predicted molar refractivity (Wildman–Crippen MR) is 72.7 cm³/mol. The number of ether oxygens (including phenoxy) is 1. The quantitative estimate of drug-likeness (QED) is 0.748. The number of fused-ring (bicyclic) bond motifs is 1. The highest BCUT2D eigenvalue weighted by Crippen LogP contribution is 2.41. The zero-order valence-corrected chi connectivity index (χ0v) is 11.7. The first kappa shape index (κ1) is 14.2. The number of nitrogens with two attached hydrogens (primary N) is 1. The molecule has 0 bridgehead atoms. The molecule has 2 aromatic heterocycles. The molecule has 21 heavy (non-hydrogen) atoms. The summed E-state index contributed by atoms with van der Waals surface area (Å²) in [6.45, 7) is 3.28.